The maximum Gasteiger partial charge on any atom is 0.325 e. The van der Waals surface area contributed by atoms with Gasteiger partial charge >= 0.3 is 6.03 Å². The van der Waals surface area contributed by atoms with Crippen molar-refractivity contribution in [2.24, 2.45) is 11.3 Å². The first kappa shape index (κ1) is 17.1. The fraction of sp³-hybridized carbons (Fsp3) is 0.550. The number of imidazole rings is 1. The number of imide groups is 1. The molecule has 26 heavy (non-hydrogen) atoms. The van der Waals surface area contributed by atoms with E-state index < -0.39 is 5.54 Å². The van der Waals surface area contributed by atoms with Crippen molar-refractivity contribution in [1.29, 1.82) is 0 Å². The second-order valence-electron chi connectivity index (χ2n) is 8.74. The normalized spacial score (nSPS) is 26.7. The van der Waals surface area contributed by atoms with Crippen LogP contribution >= 0.6 is 0 Å². The summed E-state index contributed by atoms with van der Waals surface area (Å²) < 4.78 is 1.90. The van der Waals surface area contributed by atoms with Gasteiger partial charge in [-0.05, 0) is 49.1 Å². The summed E-state index contributed by atoms with van der Waals surface area (Å²) >= 11 is 0. The van der Waals surface area contributed by atoms with Gasteiger partial charge in [0, 0.05) is 12.4 Å². The highest BCUT2D eigenvalue weighted by Gasteiger charge is 2.53. The molecule has 3 heterocycles. The highest BCUT2D eigenvalue weighted by atomic mass is 16.2. The van der Waals surface area contributed by atoms with Gasteiger partial charge in [-0.25, -0.2) is 9.78 Å². The lowest BCUT2D eigenvalue weighted by molar-refractivity contribution is -0.133. The minimum atomic E-state index is -0.710. The number of pyridine rings is 1. The zero-order valence-electron chi connectivity index (χ0n) is 15.7. The molecule has 2 aliphatic rings. The molecule has 138 valence electrons. The number of carbonyl (C=O) groups is 2. The number of nitrogens with zero attached hydrogens (tertiary/aromatic N) is 3. The van der Waals surface area contributed by atoms with Crippen LogP contribution in [0.15, 0.2) is 30.6 Å². The van der Waals surface area contributed by atoms with E-state index in [1.54, 1.807) is 0 Å². The summed E-state index contributed by atoms with van der Waals surface area (Å²) in [5.74, 6) is 0.497. The topological polar surface area (TPSA) is 66.7 Å². The molecule has 0 atom stereocenters. The number of urea groups is 1. The third-order valence-corrected chi connectivity index (χ3v) is 6.04. The molecule has 3 amide bonds. The molecular weight excluding hydrogens is 328 g/mol. The number of nitrogens with one attached hydrogen (secondary N) is 1. The van der Waals surface area contributed by atoms with Crippen molar-refractivity contribution in [3.8, 4) is 0 Å². The molecule has 6 nitrogen and oxygen atoms in total. The van der Waals surface area contributed by atoms with Crippen molar-refractivity contribution in [1.82, 2.24) is 19.6 Å². The number of amides is 3. The Morgan fingerprint density at radius 3 is 2.62 bits per heavy atom. The number of carbonyl (C=O) groups excluding carboxylic acids is 2. The van der Waals surface area contributed by atoms with E-state index in [2.05, 4.69) is 31.1 Å². The predicted octanol–water partition coefficient (Wildman–Crippen LogP) is 3.36. The number of fused-ring (bicyclic) bond motifs is 1. The average molecular weight is 354 g/mol. The molecule has 6 heteroatoms. The van der Waals surface area contributed by atoms with Crippen LogP contribution in [0.5, 0.6) is 0 Å². The Balaban J connectivity index is 1.51. The highest BCUT2D eigenvalue weighted by Crippen LogP contribution is 2.43. The zero-order chi connectivity index (χ0) is 18.5. The maximum atomic E-state index is 13.1. The minimum Gasteiger partial charge on any atom is -0.323 e. The van der Waals surface area contributed by atoms with E-state index in [1.807, 2.05) is 35.0 Å². The van der Waals surface area contributed by atoms with Crippen LogP contribution in [0.25, 0.3) is 5.65 Å². The van der Waals surface area contributed by atoms with Crippen LogP contribution < -0.4 is 5.32 Å². The molecule has 0 radical (unpaired) electrons. The molecule has 1 spiro atoms. The molecule has 2 fully saturated rings. The van der Waals surface area contributed by atoms with Crippen molar-refractivity contribution in [2.45, 2.75) is 58.5 Å². The summed E-state index contributed by atoms with van der Waals surface area (Å²) in [4.78, 5) is 31.4. The second-order valence-corrected chi connectivity index (χ2v) is 8.74. The summed E-state index contributed by atoms with van der Waals surface area (Å²) in [6.07, 6.45) is 7.17. The van der Waals surface area contributed by atoms with Crippen LogP contribution in [-0.4, -0.2) is 31.8 Å². The first-order valence-corrected chi connectivity index (χ1v) is 9.35. The Morgan fingerprint density at radius 1 is 1.23 bits per heavy atom. The van der Waals surface area contributed by atoms with Crippen molar-refractivity contribution >= 4 is 17.6 Å². The Labute approximate surface area is 153 Å². The summed E-state index contributed by atoms with van der Waals surface area (Å²) in [5.41, 5.74) is 1.07. The second kappa shape index (κ2) is 5.83. The summed E-state index contributed by atoms with van der Waals surface area (Å²) in [6.45, 7) is 6.97. The van der Waals surface area contributed by atoms with Crippen LogP contribution in [0.4, 0.5) is 4.79 Å². The van der Waals surface area contributed by atoms with E-state index in [9.17, 15) is 9.59 Å². The van der Waals surface area contributed by atoms with E-state index in [4.69, 9.17) is 0 Å². The van der Waals surface area contributed by atoms with Crippen LogP contribution in [0.3, 0.4) is 0 Å². The smallest absolute Gasteiger partial charge is 0.323 e. The summed E-state index contributed by atoms with van der Waals surface area (Å²) in [5, 5.41) is 3.00. The summed E-state index contributed by atoms with van der Waals surface area (Å²) in [7, 11) is 0. The first-order chi connectivity index (χ1) is 12.3. The van der Waals surface area contributed by atoms with Crippen LogP contribution in [0.2, 0.25) is 0 Å². The van der Waals surface area contributed by atoms with Gasteiger partial charge in [0.2, 0.25) is 0 Å². The lowest BCUT2D eigenvalue weighted by atomic mass is 9.67. The van der Waals surface area contributed by atoms with E-state index in [-0.39, 0.29) is 23.9 Å². The maximum absolute atomic E-state index is 13.1. The molecule has 1 saturated heterocycles. The molecule has 1 aliphatic heterocycles. The van der Waals surface area contributed by atoms with Crippen LogP contribution in [-0.2, 0) is 11.3 Å². The Morgan fingerprint density at radius 2 is 1.96 bits per heavy atom. The average Bonchev–Trinajstić information content (AvgIpc) is 3.09. The summed E-state index contributed by atoms with van der Waals surface area (Å²) in [6, 6.07) is 5.46. The molecule has 1 saturated carbocycles. The number of rotatable bonds is 2. The van der Waals surface area contributed by atoms with Crippen molar-refractivity contribution < 1.29 is 9.59 Å². The highest BCUT2D eigenvalue weighted by molar-refractivity contribution is 6.07. The molecule has 1 N–H and O–H groups in total. The van der Waals surface area contributed by atoms with Gasteiger partial charge in [0.1, 0.15) is 11.2 Å². The van der Waals surface area contributed by atoms with Crippen LogP contribution in [0.1, 0.15) is 52.1 Å². The molecule has 0 bridgehead atoms. The largest absolute Gasteiger partial charge is 0.325 e. The number of hydrogen-bond acceptors (Lipinski definition) is 3. The molecule has 0 aromatic carbocycles. The van der Waals surface area contributed by atoms with Gasteiger partial charge in [0.05, 0.1) is 12.2 Å². The molecule has 0 unspecified atom stereocenters. The number of hydrogen-bond donors (Lipinski definition) is 1. The van der Waals surface area contributed by atoms with Gasteiger partial charge in [0.15, 0.2) is 0 Å². The molecular formula is C20H26N4O2. The van der Waals surface area contributed by atoms with Gasteiger partial charge < -0.3 is 9.72 Å². The third-order valence-electron chi connectivity index (χ3n) is 6.04. The van der Waals surface area contributed by atoms with E-state index in [0.717, 1.165) is 37.0 Å². The fourth-order valence-electron chi connectivity index (χ4n) is 4.36. The molecule has 1 aliphatic carbocycles. The van der Waals surface area contributed by atoms with Gasteiger partial charge in [-0.2, -0.15) is 0 Å². The van der Waals surface area contributed by atoms with Crippen molar-refractivity contribution in [2.75, 3.05) is 0 Å². The Bertz CT molecular complexity index is 823. The third kappa shape index (κ3) is 2.77. The Kier molecular flexibility index (Phi) is 3.82. The quantitative estimate of drug-likeness (QED) is 0.841. The number of aromatic nitrogens is 2. The predicted molar refractivity (Wildman–Crippen MR) is 98.4 cm³/mol. The zero-order valence-corrected chi connectivity index (χ0v) is 15.7. The SMILES string of the molecule is CC(C)(C)C1CCC2(CC1)NC(=O)N(Cc1cn3ccccc3n1)C2=O. The van der Waals surface area contributed by atoms with Gasteiger partial charge in [-0.3, -0.25) is 9.69 Å². The molecule has 2 aromatic heterocycles. The van der Waals surface area contributed by atoms with Gasteiger partial charge in [0.25, 0.3) is 5.91 Å². The van der Waals surface area contributed by atoms with E-state index >= 15 is 0 Å². The standard InChI is InChI=1S/C20H26N4O2/c1-19(2,3)14-7-9-20(10-8-14)17(25)24(18(26)22-20)13-15-12-23-11-5-4-6-16(23)21-15/h4-6,11-12,14H,7-10,13H2,1-3H3,(H,22,26). The minimum absolute atomic E-state index is 0.0908. The monoisotopic (exact) mass is 354 g/mol. The lowest BCUT2D eigenvalue weighted by Crippen LogP contribution is -2.50. The van der Waals surface area contributed by atoms with Crippen molar-refractivity contribution in [3.05, 3.63) is 36.3 Å². The first-order valence-electron chi connectivity index (χ1n) is 9.35. The van der Waals surface area contributed by atoms with Crippen LogP contribution in [0, 0.1) is 11.3 Å². The van der Waals surface area contributed by atoms with Gasteiger partial charge in [-0.1, -0.05) is 26.8 Å². The fourth-order valence-corrected chi connectivity index (χ4v) is 4.36. The molecule has 4 rings (SSSR count). The van der Waals surface area contributed by atoms with Crippen molar-refractivity contribution in [3.63, 3.8) is 0 Å². The Hall–Kier alpha value is -2.37. The van der Waals surface area contributed by atoms with Gasteiger partial charge in [-0.15, -0.1) is 0 Å². The lowest BCUT2D eigenvalue weighted by Gasteiger charge is -2.40. The van der Waals surface area contributed by atoms with E-state index in [1.165, 1.54) is 4.90 Å². The molecule has 2 aromatic rings. The van der Waals surface area contributed by atoms with E-state index in [0.29, 0.717) is 5.92 Å².